The van der Waals surface area contributed by atoms with Gasteiger partial charge in [0.2, 0.25) is 11.9 Å². The summed E-state index contributed by atoms with van der Waals surface area (Å²) in [6.07, 6.45) is 4.81. The van der Waals surface area contributed by atoms with Gasteiger partial charge in [-0.15, -0.1) is 0 Å². The van der Waals surface area contributed by atoms with Crippen LogP contribution in [0, 0.1) is 17.8 Å². The summed E-state index contributed by atoms with van der Waals surface area (Å²) >= 11 is 3.22. The van der Waals surface area contributed by atoms with E-state index in [0.717, 1.165) is 30.4 Å². The van der Waals surface area contributed by atoms with E-state index in [1.54, 1.807) is 6.07 Å². The molecule has 2 saturated carbocycles. The lowest BCUT2D eigenvalue weighted by Gasteiger charge is -2.47. The van der Waals surface area contributed by atoms with Crippen molar-refractivity contribution in [3.63, 3.8) is 0 Å². The molecule has 2 aliphatic heterocycles. The molecule has 0 bridgehead atoms. The molecule has 0 radical (unpaired) electrons. The summed E-state index contributed by atoms with van der Waals surface area (Å²) < 4.78 is 14.2. The van der Waals surface area contributed by atoms with Crippen LogP contribution in [0.4, 0.5) is 10.1 Å². The Labute approximate surface area is 155 Å². The fraction of sp³-hybridized carbons (Fsp3) is 0.684. The standard InChI is InChI=1S/C19H23BrFN3O/c1-19(2)16-15(8-14(20)17(21)22-16)24(18(19)25)13-6-12(7-13)23-4-3-10-5-11(10)9-23/h8,10-13H,3-7,9H2,1-2H3. The molecule has 5 rings (SSSR count). The molecule has 2 aliphatic carbocycles. The monoisotopic (exact) mass is 407 g/mol. The number of fused-ring (bicyclic) bond motifs is 2. The number of aromatic nitrogens is 1. The number of anilines is 1. The molecule has 2 unspecified atom stereocenters. The van der Waals surface area contributed by atoms with Gasteiger partial charge in [-0.05, 0) is 79.9 Å². The highest BCUT2D eigenvalue weighted by atomic mass is 79.9. The number of carbonyl (C=O) groups excluding carboxylic acids is 1. The van der Waals surface area contributed by atoms with Gasteiger partial charge >= 0.3 is 0 Å². The van der Waals surface area contributed by atoms with Crippen molar-refractivity contribution in [2.75, 3.05) is 18.0 Å². The number of nitrogens with zero attached hydrogens (tertiary/aromatic N) is 3. The summed E-state index contributed by atoms with van der Waals surface area (Å²) in [7, 11) is 0. The third kappa shape index (κ3) is 2.33. The number of piperidine rings is 1. The summed E-state index contributed by atoms with van der Waals surface area (Å²) in [5.41, 5.74) is 0.599. The Kier molecular flexibility index (Phi) is 3.40. The van der Waals surface area contributed by atoms with Crippen molar-refractivity contribution in [1.29, 1.82) is 0 Å². The first kappa shape index (κ1) is 16.2. The van der Waals surface area contributed by atoms with Crippen molar-refractivity contribution in [2.45, 2.75) is 57.0 Å². The van der Waals surface area contributed by atoms with Crippen LogP contribution < -0.4 is 4.90 Å². The Morgan fingerprint density at radius 1 is 1.24 bits per heavy atom. The largest absolute Gasteiger partial charge is 0.307 e. The molecule has 1 saturated heterocycles. The van der Waals surface area contributed by atoms with Crippen molar-refractivity contribution in [3.05, 3.63) is 22.2 Å². The Hall–Kier alpha value is -1.01. The highest BCUT2D eigenvalue weighted by Crippen LogP contribution is 2.49. The maximum atomic E-state index is 13.9. The topological polar surface area (TPSA) is 36.4 Å². The van der Waals surface area contributed by atoms with Gasteiger partial charge < -0.3 is 4.90 Å². The van der Waals surface area contributed by atoms with E-state index in [0.29, 0.717) is 16.2 Å². The van der Waals surface area contributed by atoms with E-state index in [1.165, 1.54) is 25.9 Å². The number of hydrogen-bond acceptors (Lipinski definition) is 3. The van der Waals surface area contributed by atoms with Crippen LogP contribution in [-0.2, 0) is 10.2 Å². The first-order chi connectivity index (χ1) is 11.9. The van der Waals surface area contributed by atoms with E-state index < -0.39 is 11.4 Å². The van der Waals surface area contributed by atoms with Gasteiger partial charge in [0.05, 0.1) is 21.3 Å². The van der Waals surface area contributed by atoms with E-state index in [9.17, 15) is 9.18 Å². The lowest BCUT2D eigenvalue weighted by atomic mass is 9.83. The molecule has 4 nitrogen and oxygen atoms in total. The van der Waals surface area contributed by atoms with Crippen LogP contribution in [0.5, 0.6) is 0 Å². The number of halogens is 2. The molecule has 3 fully saturated rings. The highest BCUT2D eigenvalue weighted by Gasteiger charge is 2.52. The first-order valence-corrected chi connectivity index (χ1v) is 10.1. The average molecular weight is 408 g/mol. The third-order valence-corrected chi connectivity index (χ3v) is 7.37. The van der Waals surface area contributed by atoms with Crippen LogP contribution >= 0.6 is 15.9 Å². The summed E-state index contributed by atoms with van der Waals surface area (Å²) in [5.74, 6) is 1.44. The predicted octanol–water partition coefficient (Wildman–Crippen LogP) is 3.48. The van der Waals surface area contributed by atoms with Crippen molar-refractivity contribution in [2.24, 2.45) is 11.8 Å². The van der Waals surface area contributed by atoms with Gasteiger partial charge in [0.15, 0.2) is 0 Å². The van der Waals surface area contributed by atoms with Crippen LogP contribution in [0.3, 0.4) is 0 Å². The molecule has 25 heavy (non-hydrogen) atoms. The zero-order valence-corrected chi connectivity index (χ0v) is 16.2. The number of rotatable bonds is 2. The van der Waals surface area contributed by atoms with Crippen molar-refractivity contribution in [3.8, 4) is 0 Å². The number of carbonyl (C=O) groups is 1. The molecule has 6 heteroatoms. The van der Waals surface area contributed by atoms with Crippen LogP contribution in [0.2, 0.25) is 0 Å². The SMILES string of the molecule is CC1(C)C(=O)N(C2CC(N3CCC4CC4C3)C2)c2cc(Br)c(F)nc21. The maximum absolute atomic E-state index is 13.9. The molecular formula is C19H23BrFN3O. The Balaban J connectivity index is 1.37. The molecule has 2 atom stereocenters. The predicted molar refractivity (Wildman–Crippen MR) is 97.0 cm³/mol. The highest BCUT2D eigenvalue weighted by molar-refractivity contribution is 9.10. The maximum Gasteiger partial charge on any atom is 0.239 e. The van der Waals surface area contributed by atoms with E-state index in [2.05, 4.69) is 25.8 Å². The molecular weight excluding hydrogens is 385 g/mol. The number of pyridine rings is 1. The van der Waals surface area contributed by atoms with Gasteiger partial charge in [0.25, 0.3) is 0 Å². The molecule has 0 aromatic carbocycles. The number of likely N-dealkylation sites (tertiary alicyclic amines) is 1. The minimum absolute atomic E-state index is 0.0526. The quantitative estimate of drug-likeness (QED) is 0.704. The van der Waals surface area contributed by atoms with Crippen molar-refractivity contribution in [1.82, 2.24) is 9.88 Å². The Morgan fingerprint density at radius 3 is 2.72 bits per heavy atom. The van der Waals surface area contributed by atoms with Gasteiger partial charge in [-0.1, -0.05) is 0 Å². The molecule has 1 aromatic rings. The molecule has 134 valence electrons. The van der Waals surface area contributed by atoms with Crippen LogP contribution in [0.1, 0.15) is 45.2 Å². The zero-order valence-electron chi connectivity index (χ0n) is 14.6. The summed E-state index contributed by atoms with van der Waals surface area (Å²) in [6, 6.07) is 2.55. The van der Waals surface area contributed by atoms with Gasteiger partial charge in [-0.3, -0.25) is 9.69 Å². The van der Waals surface area contributed by atoms with Crippen molar-refractivity contribution >= 4 is 27.5 Å². The van der Waals surface area contributed by atoms with E-state index in [1.807, 2.05) is 18.7 Å². The van der Waals surface area contributed by atoms with Crippen LogP contribution in [0.15, 0.2) is 10.5 Å². The Bertz CT molecular complexity index is 761. The van der Waals surface area contributed by atoms with Crippen molar-refractivity contribution < 1.29 is 9.18 Å². The zero-order chi connectivity index (χ0) is 17.5. The molecule has 3 heterocycles. The number of hydrogen-bond donors (Lipinski definition) is 0. The molecule has 0 N–H and O–H groups in total. The first-order valence-electron chi connectivity index (χ1n) is 9.30. The lowest BCUT2D eigenvalue weighted by Crippen LogP contribution is -2.57. The minimum Gasteiger partial charge on any atom is -0.307 e. The second kappa shape index (κ2) is 5.26. The minimum atomic E-state index is -0.756. The summed E-state index contributed by atoms with van der Waals surface area (Å²) in [5, 5.41) is 0. The average Bonchev–Trinajstić information content (AvgIpc) is 3.27. The normalized spacial score (nSPS) is 36.0. The second-order valence-corrected chi connectivity index (χ2v) is 9.60. The lowest BCUT2D eigenvalue weighted by molar-refractivity contribution is -0.123. The fourth-order valence-electron chi connectivity index (χ4n) is 4.99. The third-order valence-electron chi connectivity index (χ3n) is 6.81. The van der Waals surface area contributed by atoms with Gasteiger partial charge in [0.1, 0.15) is 0 Å². The summed E-state index contributed by atoms with van der Waals surface area (Å²) in [6.45, 7) is 6.16. The Morgan fingerprint density at radius 2 is 2.00 bits per heavy atom. The molecule has 0 spiro atoms. The molecule has 1 aromatic heterocycles. The van der Waals surface area contributed by atoms with E-state index in [4.69, 9.17) is 0 Å². The van der Waals surface area contributed by atoms with E-state index in [-0.39, 0.29) is 11.9 Å². The summed E-state index contributed by atoms with van der Waals surface area (Å²) in [4.78, 5) is 21.6. The van der Waals surface area contributed by atoms with Gasteiger partial charge in [-0.2, -0.15) is 4.39 Å². The van der Waals surface area contributed by atoms with Crippen LogP contribution in [-0.4, -0.2) is 41.0 Å². The number of amides is 1. The van der Waals surface area contributed by atoms with E-state index >= 15 is 0 Å². The van der Waals surface area contributed by atoms with Crippen LogP contribution in [0.25, 0.3) is 0 Å². The second-order valence-electron chi connectivity index (χ2n) is 8.75. The smallest absolute Gasteiger partial charge is 0.239 e. The molecule has 4 aliphatic rings. The van der Waals surface area contributed by atoms with Gasteiger partial charge in [-0.25, -0.2) is 4.98 Å². The fourth-order valence-corrected chi connectivity index (χ4v) is 5.29. The van der Waals surface area contributed by atoms with Gasteiger partial charge in [0, 0.05) is 18.6 Å². The molecule has 1 amide bonds.